The van der Waals surface area contributed by atoms with Crippen LogP contribution in [-0.4, -0.2) is 5.80 Å². The zero-order valence-corrected chi connectivity index (χ0v) is 11.1. The van der Waals surface area contributed by atoms with E-state index >= 15 is 0 Å². The zero-order chi connectivity index (χ0) is 11.2. The lowest BCUT2D eigenvalue weighted by atomic mass is 9.94. The van der Waals surface area contributed by atoms with Crippen LogP contribution in [0.2, 0.25) is 0 Å². The molecule has 0 saturated carbocycles. The van der Waals surface area contributed by atoms with Gasteiger partial charge in [-0.05, 0) is 36.1 Å². The van der Waals surface area contributed by atoms with Crippen molar-refractivity contribution >= 4 is 14.0 Å². The quantitative estimate of drug-likeness (QED) is 0.440. The van der Waals surface area contributed by atoms with Gasteiger partial charge in [-0.3, -0.25) is 0 Å². The summed E-state index contributed by atoms with van der Waals surface area (Å²) in [6.07, 6.45) is 4.44. The Bertz CT molecular complexity index is 244. The molecule has 0 aliphatic heterocycles. The molecular formula is C13H23P. The average Bonchev–Trinajstić information content (AvgIpc) is 2.17. The highest BCUT2D eigenvalue weighted by Gasteiger charge is 2.10. The van der Waals surface area contributed by atoms with Crippen molar-refractivity contribution in [3.8, 4) is 0 Å². The summed E-state index contributed by atoms with van der Waals surface area (Å²) >= 11 is 0. The van der Waals surface area contributed by atoms with E-state index < -0.39 is 0 Å². The molecule has 0 amide bonds. The molecule has 0 unspecified atom stereocenters. The van der Waals surface area contributed by atoms with Gasteiger partial charge in [0.15, 0.2) is 0 Å². The molecule has 1 heteroatoms. The van der Waals surface area contributed by atoms with E-state index in [9.17, 15) is 0 Å². The molecule has 14 heavy (non-hydrogen) atoms. The minimum Gasteiger partial charge on any atom is -0.0869 e. The molecule has 0 rings (SSSR count). The van der Waals surface area contributed by atoms with Crippen LogP contribution in [0.1, 0.15) is 47.5 Å². The third-order valence-electron chi connectivity index (χ3n) is 2.58. The maximum absolute atomic E-state index is 4.12. The summed E-state index contributed by atoms with van der Waals surface area (Å²) in [6.45, 7) is 15.2. The average molecular weight is 210 g/mol. The van der Waals surface area contributed by atoms with E-state index in [0.717, 1.165) is 6.42 Å². The Labute approximate surface area is 90.9 Å². The van der Waals surface area contributed by atoms with Gasteiger partial charge in [0.2, 0.25) is 0 Å². The third kappa shape index (κ3) is 4.77. The van der Waals surface area contributed by atoms with Crippen LogP contribution in [0.5, 0.6) is 0 Å². The van der Waals surface area contributed by atoms with Crippen LogP contribution in [-0.2, 0) is 0 Å². The van der Waals surface area contributed by atoms with Gasteiger partial charge in [0, 0.05) is 0 Å². The van der Waals surface area contributed by atoms with Gasteiger partial charge in [0.25, 0.3) is 0 Å². The fourth-order valence-electron chi connectivity index (χ4n) is 1.00. The van der Waals surface area contributed by atoms with Gasteiger partial charge >= 0.3 is 0 Å². The first-order valence-electron chi connectivity index (χ1n) is 5.36. The van der Waals surface area contributed by atoms with Crippen molar-refractivity contribution in [2.75, 3.05) is 0 Å². The molecule has 0 aromatic rings. The summed E-state index contributed by atoms with van der Waals surface area (Å²) < 4.78 is 0. The summed E-state index contributed by atoms with van der Waals surface area (Å²) in [7, 11) is 1.27. The van der Waals surface area contributed by atoms with Crippen molar-refractivity contribution in [2.24, 2.45) is 5.41 Å². The van der Waals surface area contributed by atoms with Crippen molar-refractivity contribution in [3.63, 3.8) is 0 Å². The second-order valence-electron chi connectivity index (χ2n) is 4.21. The predicted octanol–water partition coefficient (Wildman–Crippen LogP) is 5.04. The zero-order valence-electron chi connectivity index (χ0n) is 10.2. The van der Waals surface area contributed by atoms with Crippen LogP contribution in [0.3, 0.4) is 0 Å². The Kier molecular flexibility index (Phi) is 6.04. The van der Waals surface area contributed by atoms with E-state index in [1.807, 2.05) is 0 Å². The second kappa shape index (κ2) is 6.19. The molecule has 0 N–H and O–H groups in total. The largest absolute Gasteiger partial charge is 0.0869 e. The lowest BCUT2D eigenvalue weighted by Gasteiger charge is -2.16. The Morgan fingerprint density at radius 1 is 1.36 bits per heavy atom. The van der Waals surface area contributed by atoms with Crippen LogP contribution >= 0.6 is 8.20 Å². The molecule has 0 aromatic carbocycles. The minimum absolute atomic E-state index is 0.330. The van der Waals surface area contributed by atoms with Crippen molar-refractivity contribution in [1.29, 1.82) is 0 Å². The lowest BCUT2D eigenvalue weighted by molar-refractivity contribution is 0.522. The molecule has 0 radical (unpaired) electrons. The molecule has 0 spiro atoms. The molecule has 0 bridgehead atoms. The molecular weight excluding hydrogens is 187 g/mol. The Morgan fingerprint density at radius 3 is 2.29 bits per heavy atom. The lowest BCUT2D eigenvalue weighted by Crippen LogP contribution is -2.09. The second-order valence-corrected chi connectivity index (χ2v) is 5.27. The summed E-state index contributed by atoms with van der Waals surface area (Å²) in [5.74, 6) is 2.36. The van der Waals surface area contributed by atoms with Gasteiger partial charge in [0.1, 0.15) is 0 Å². The maximum Gasteiger partial charge on any atom is -0.00285 e. The van der Waals surface area contributed by atoms with Gasteiger partial charge in [-0.2, -0.15) is 0 Å². The van der Waals surface area contributed by atoms with Gasteiger partial charge in [-0.25, -0.2) is 0 Å². The number of allylic oxidation sites excluding steroid dienone is 3. The normalized spacial score (nSPS) is 13.6. The van der Waals surface area contributed by atoms with Crippen molar-refractivity contribution in [3.05, 3.63) is 23.5 Å². The summed E-state index contributed by atoms with van der Waals surface area (Å²) in [6, 6.07) is 0. The smallest absolute Gasteiger partial charge is 0.00285 e. The summed E-state index contributed by atoms with van der Waals surface area (Å²) in [5, 5.41) is 1.25. The topological polar surface area (TPSA) is 0 Å². The van der Waals surface area contributed by atoms with E-state index in [2.05, 4.69) is 53.1 Å². The highest BCUT2D eigenvalue weighted by Crippen LogP contribution is 2.27. The molecule has 80 valence electrons. The molecule has 0 fully saturated rings. The van der Waals surface area contributed by atoms with Gasteiger partial charge in [0.05, 0.1) is 0 Å². The van der Waals surface area contributed by atoms with Crippen LogP contribution in [0, 0.1) is 5.41 Å². The van der Waals surface area contributed by atoms with Crippen molar-refractivity contribution in [1.82, 2.24) is 0 Å². The number of hydrogen-bond acceptors (Lipinski definition) is 0. The highest BCUT2D eigenvalue weighted by atomic mass is 31.1. The highest BCUT2D eigenvalue weighted by molar-refractivity contribution is 7.43. The molecule has 0 heterocycles. The van der Waals surface area contributed by atoms with E-state index in [0.29, 0.717) is 5.41 Å². The Hall–Kier alpha value is -0.350. The number of rotatable bonds is 5. The maximum atomic E-state index is 4.12. The van der Waals surface area contributed by atoms with Gasteiger partial charge in [-0.15, -0.1) is 0 Å². The van der Waals surface area contributed by atoms with Crippen molar-refractivity contribution < 1.29 is 0 Å². The van der Waals surface area contributed by atoms with E-state index in [-0.39, 0.29) is 0 Å². The van der Waals surface area contributed by atoms with Crippen LogP contribution in [0.4, 0.5) is 0 Å². The number of hydrogen-bond donors (Lipinski definition) is 0. The summed E-state index contributed by atoms with van der Waals surface area (Å²) in [5.41, 5.74) is 1.71. The van der Waals surface area contributed by atoms with Gasteiger partial charge in [-0.1, -0.05) is 54.4 Å². The minimum atomic E-state index is 0.330. The third-order valence-corrected chi connectivity index (χ3v) is 4.01. The first-order valence-corrected chi connectivity index (χ1v) is 6.32. The SMILES string of the molecule is C=C(P=CC(C)(C)CC)C(=CC)CC. The molecule has 0 saturated heterocycles. The van der Waals surface area contributed by atoms with E-state index in [4.69, 9.17) is 0 Å². The molecule has 0 aliphatic rings. The van der Waals surface area contributed by atoms with E-state index in [1.54, 1.807) is 0 Å². The Morgan fingerprint density at radius 2 is 1.93 bits per heavy atom. The first kappa shape index (κ1) is 13.7. The predicted molar refractivity (Wildman–Crippen MR) is 70.2 cm³/mol. The monoisotopic (exact) mass is 210 g/mol. The van der Waals surface area contributed by atoms with Gasteiger partial charge < -0.3 is 0 Å². The fraction of sp³-hybridized carbons (Fsp3) is 0.615. The molecule has 0 nitrogen and oxygen atoms in total. The van der Waals surface area contributed by atoms with Crippen LogP contribution < -0.4 is 0 Å². The van der Waals surface area contributed by atoms with E-state index in [1.165, 1.54) is 25.5 Å². The van der Waals surface area contributed by atoms with Crippen LogP contribution in [0.25, 0.3) is 0 Å². The fourth-order valence-corrected chi connectivity index (χ4v) is 2.14. The standard InChI is InChI=1S/C13H23P/c1-7-12(8-2)11(4)14-10-13(5,6)9-3/h7,10H,4,8-9H2,1-3,5-6H3. The molecule has 0 aliphatic carbocycles. The molecule has 0 aromatic heterocycles. The van der Waals surface area contributed by atoms with Crippen molar-refractivity contribution in [2.45, 2.75) is 47.5 Å². The van der Waals surface area contributed by atoms with Crippen LogP contribution in [0.15, 0.2) is 23.5 Å². The Balaban J connectivity index is 4.47. The summed E-state index contributed by atoms with van der Waals surface area (Å²) in [4.78, 5) is 0. The molecule has 0 atom stereocenters. The first-order chi connectivity index (χ1) is 6.46.